The summed E-state index contributed by atoms with van der Waals surface area (Å²) in [6.45, 7) is 2.79. The first-order valence-electron chi connectivity index (χ1n) is 6.38. The minimum Gasteiger partial charge on any atom is -0.298 e. The predicted molar refractivity (Wildman–Crippen MR) is 69.6 cm³/mol. The van der Waals surface area contributed by atoms with Crippen LogP contribution in [0.15, 0.2) is 30.3 Å². The number of carbonyl (C=O) groups excluding carboxylic acids is 1. The molecule has 18 heavy (non-hydrogen) atoms. The van der Waals surface area contributed by atoms with Gasteiger partial charge in [0.15, 0.2) is 0 Å². The monoisotopic (exact) mass is 248 g/mol. The number of hydrogen-bond acceptors (Lipinski definition) is 3. The highest BCUT2D eigenvalue weighted by Gasteiger charge is 2.25. The van der Waals surface area contributed by atoms with Crippen molar-refractivity contribution in [2.45, 2.75) is 19.4 Å². The molecule has 1 heterocycles. The number of hydroxylamine groups is 1. The van der Waals surface area contributed by atoms with E-state index in [1.165, 1.54) is 12.7 Å². The van der Waals surface area contributed by atoms with E-state index in [-0.39, 0.29) is 11.8 Å². The van der Waals surface area contributed by atoms with Gasteiger partial charge in [-0.15, -0.1) is 0 Å². The van der Waals surface area contributed by atoms with Crippen molar-refractivity contribution in [2.75, 3.05) is 20.2 Å². The summed E-state index contributed by atoms with van der Waals surface area (Å²) < 4.78 is 0. The van der Waals surface area contributed by atoms with Crippen LogP contribution in [-0.2, 0) is 16.2 Å². The van der Waals surface area contributed by atoms with E-state index in [0.717, 1.165) is 32.5 Å². The summed E-state index contributed by atoms with van der Waals surface area (Å²) in [5, 5.41) is 0. The molecule has 1 aromatic carbocycles. The van der Waals surface area contributed by atoms with Crippen LogP contribution in [0.5, 0.6) is 0 Å². The molecule has 1 unspecified atom stereocenters. The van der Waals surface area contributed by atoms with E-state index in [0.29, 0.717) is 0 Å². The number of nitrogens with zero attached hydrogens (tertiary/aromatic N) is 1. The lowest BCUT2D eigenvalue weighted by Gasteiger charge is -2.31. The molecule has 1 saturated heterocycles. The minimum absolute atomic E-state index is 0.00439. The first kappa shape index (κ1) is 13.1. The van der Waals surface area contributed by atoms with E-state index in [4.69, 9.17) is 4.84 Å². The van der Waals surface area contributed by atoms with Gasteiger partial charge in [-0.3, -0.25) is 14.5 Å². The van der Waals surface area contributed by atoms with Gasteiger partial charge >= 0.3 is 0 Å². The molecule has 1 atom stereocenters. The quantitative estimate of drug-likeness (QED) is 0.822. The Morgan fingerprint density at radius 3 is 2.94 bits per heavy atom. The maximum atomic E-state index is 11.7. The Kier molecular flexibility index (Phi) is 4.73. The summed E-state index contributed by atoms with van der Waals surface area (Å²) in [5.41, 5.74) is 3.73. The van der Waals surface area contributed by atoms with Crippen molar-refractivity contribution in [3.8, 4) is 0 Å². The van der Waals surface area contributed by atoms with E-state index in [9.17, 15) is 4.79 Å². The molecule has 0 spiro atoms. The Bertz CT molecular complexity index is 381. The smallest absolute Gasteiger partial charge is 0.247 e. The lowest BCUT2D eigenvalue weighted by atomic mass is 9.97. The first-order chi connectivity index (χ1) is 8.79. The second-order valence-corrected chi connectivity index (χ2v) is 4.73. The van der Waals surface area contributed by atoms with Crippen molar-refractivity contribution in [1.29, 1.82) is 0 Å². The normalized spacial score (nSPS) is 20.6. The molecule has 1 fully saturated rings. The van der Waals surface area contributed by atoms with Gasteiger partial charge in [-0.1, -0.05) is 30.3 Å². The number of hydrogen-bond donors (Lipinski definition) is 1. The average molecular weight is 248 g/mol. The molecule has 98 valence electrons. The van der Waals surface area contributed by atoms with E-state index < -0.39 is 0 Å². The van der Waals surface area contributed by atoms with Crippen molar-refractivity contribution < 1.29 is 9.63 Å². The Hall–Kier alpha value is -1.39. The van der Waals surface area contributed by atoms with Crippen LogP contribution < -0.4 is 5.48 Å². The lowest BCUT2D eigenvalue weighted by molar-refractivity contribution is -0.137. The number of nitrogens with one attached hydrogen (secondary N) is 1. The van der Waals surface area contributed by atoms with Crippen molar-refractivity contribution in [3.63, 3.8) is 0 Å². The van der Waals surface area contributed by atoms with Crippen molar-refractivity contribution >= 4 is 5.91 Å². The average Bonchev–Trinajstić information content (AvgIpc) is 2.40. The van der Waals surface area contributed by atoms with Gasteiger partial charge in [0.05, 0.1) is 13.0 Å². The maximum absolute atomic E-state index is 11.7. The van der Waals surface area contributed by atoms with Gasteiger partial charge in [0.1, 0.15) is 0 Å². The number of likely N-dealkylation sites (tertiary alicyclic amines) is 1. The number of carbonyl (C=O) groups is 1. The summed E-state index contributed by atoms with van der Waals surface area (Å²) in [5.74, 6) is 0.0395. The Morgan fingerprint density at radius 2 is 2.22 bits per heavy atom. The Balaban J connectivity index is 1.89. The van der Waals surface area contributed by atoms with E-state index in [1.54, 1.807) is 0 Å². The van der Waals surface area contributed by atoms with Crippen LogP contribution in [0.4, 0.5) is 0 Å². The van der Waals surface area contributed by atoms with E-state index in [1.807, 2.05) is 18.2 Å². The summed E-state index contributed by atoms with van der Waals surface area (Å²) in [6.07, 6.45) is 2.01. The van der Waals surface area contributed by atoms with Crippen LogP contribution in [0.25, 0.3) is 0 Å². The van der Waals surface area contributed by atoms with E-state index in [2.05, 4.69) is 22.5 Å². The molecule has 0 aliphatic carbocycles. The third-order valence-corrected chi connectivity index (χ3v) is 3.33. The van der Waals surface area contributed by atoms with Crippen LogP contribution in [0.3, 0.4) is 0 Å². The van der Waals surface area contributed by atoms with E-state index >= 15 is 0 Å². The van der Waals surface area contributed by atoms with Gasteiger partial charge in [-0.25, -0.2) is 5.48 Å². The molecule has 4 heteroatoms. The predicted octanol–water partition coefficient (Wildman–Crippen LogP) is 1.58. The molecule has 0 saturated carbocycles. The standard InChI is InChI=1S/C14H20N2O2/c1-18-15-14(17)13-8-5-9-16(11-13)10-12-6-3-2-4-7-12/h2-4,6-7,13H,5,8-11H2,1H3,(H,15,17). The molecule has 2 rings (SSSR count). The molecular weight excluding hydrogens is 228 g/mol. The minimum atomic E-state index is -0.00439. The second kappa shape index (κ2) is 6.52. The maximum Gasteiger partial charge on any atom is 0.247 e. The summed E-state index contributed by atoms with van der Waals surface area (Å²) >= 11 is 0. The number of benzene rings is 1. The molecule has 1 amide bonds. The van der Waals surface area contributed by atoms with Gasteiger partial charge in [0.25, 0.3) is 0 Å². The molecule has 1 aliphatic rings. The molecule has 1 aliphatic heterocycles. The van der Waals surface area contributed by atoms with Crippen molar-refractivity contribution in [2.24, 2.45) is 5.92 Å². The van der Waals surface area contributed by atoms with Crippen LogP contribution in [0.2, 0.25) is 0 Å². The summed E-state index contributed by atoms with van der Waals surface area (Å²) in [6, 6.07) is 10.4. The summed E-state index contributed by atoms with van der Waals surface area (Å²) in [4.78, 5) is 18.8. The lowest BCUT2D eigenvalue weighted by Crippen LogP contribution is -2.42. The number of piperidine rings is 1. The Morgan fingerprint density at radius 1 is 1.44 bits per heavy atom. The second-order valence-electron chi connectivity index (χ2n) is 4.73. The SMILES string of the molecule is CONC(=O)C1CCCN(Cc2ccccc2)C1. The van der Waals surface area contributed by atoms with Crippen LogP contribution in [0, 0.1) is 5.92 Å². The fourth-order valence-electron chi connectivity index (χ4n) is 2.44. The van der Waals surface area contributed by atoms with Gasteiger partial charge in [0, 0.05) is 13.1 Å². The summed E-state index contributed by atoms with van der Waals surface area (Å²) in [7, 11) is 1.47. The molecule has 1 N–H and O–H groups in total. The highest BCUT2D eigenvalue weighted by atomic mass is 16.6. The third kappa shape index (κ3) is 3.55. The highest BCUT2D eigenvalue weighted by molar-refractivity contribution is 5.77. The Labute approximate surface area is 108 Å². The fraction of sp³-hybridized carbons (Fsp3) is 0.500. The zero-order valence-corrected chi connectivity index (χ0v) is 10.8. The zero-order chi connectivity index (χ0) is 12.8. The van der Waals surface area contributed by atoms with Gasteiger partial charge in [-0.05, 0) is 24.9 Å². The van der Waals surface area contributed by atoms with Gasteiger partial charge in [0.2, 0.25) is 5.91 Å². The molecule has 0 radical (unpaired) electrons. The molecular formula is C14H20N2O2. The third-order valence-electron chi connectivity index (χ3n) is 3.33. The number of rotatable bonds is 4. The van der Waals surface area contributed by atoms with Crippen molar-refractivity contribution in [3.05, 3.63) is 35.9 Å². The largest absolute Gasteiger partial charge is 0.298 e. The van der Waals surface area contributed by atoms with Crippen LogP contribution in [-0.4, -0.2) is 31.0 Å². The first-order valence-corrected chi connectivity index (χ1v) is 6.38. The van der Waals surface area contributed by atoms with Gasteiger partial charge in [-0.2, -0.15) is 0 Å². The fourth-order valence-corrected chi connectivity index (χ4v) is 2.44. The number of amides is 1. The van der Waals surface area contributed by atoms with Crippen LogP contribution in [0.1, 0.15) is 18.4 Å². The van der Waals surface area contributed by atoms with Crippen molar-refractivity contribution in [1.82, 2.24) is 10.4 Å². The van der Waals surface area contributed by atoms with Crippen LogP contribution >= 0.6 is 0 Å². The zero-order valence-electron chi connectivity index (χ0n) is 10.8. The molecule has 1 aromatic rings. The van der Waals surface area contributed by atoms with Gasteiger partial charge < -0.3 is 0 Å². The highest BCUT2D eigenvalue weighted by Crippen LogP contribution is 2.18. The molecule has 4 nitrogen and oxygen atoms in total. The molecule has 0 aromatic heterocycles. The topological polar surface area (TPSA) is 41.6 Å². The molecule has 0 bridgehead atoms.